The third-order valence-corrected chi connectivity index (χ3v) is 2.69. The standard InChI is InChI=1S/3C6H10O3.C4H10O.Zr/c3*1-3-9-6(8)4-5(2)7;1-3-4(2)5;/h3*3-4H2,1-2H3;4-5H,3H2,1-2H3;. The number of rotatable bonds is 10. The fourth-order valence-electron chi connectivity index (χ4n) is 1.25. The van der Waals surface area contributed by atoms with Crippen molar-refractivity contribution >= 4 is 35.3 Å². The molecule has 0 saturated heterocycles. The van der Waals surface area contributed by atoms with Crippen molar-refractivity contribution < 1.29 is 74.3 Å². The Morgan fingerprint density at radius 1 is 0.606 bits per heavy atom. The molecule has 1 atom stereocenters. The summed E-state index contributed by atoms with van der Waals surface area (Å²) < 4.78 is 13.5. The predicted molar refractivity (Wildman–Crippen MR) is 118 cm³/mol. The molecule has 0 bridgehead atoms. The van der Waals surface area contributed by atoms with E-state index in [1.807, 2.05) is 6.92 Å². The molecule has 1 N–H and O–H groups in total. The van der Waals surface area contributed by atoms with E-state index in [1.165, 1.54) is 20.8 Å². The summed E-state index contributed by atoms with van der Waals surface area (Å²) in [6.45, 7) is 13.9. The van der Waals surface area contributed by atoms with Crippen LogP contribution in [0.3, 0.4) is 0 Å². The average molecular weight is 556 g/mol. The van der Waals surface area contributed by atoms with Gasteiger partial charge < -0.3 is 19.3 Å². The zero-order valence-corrected chi connectivity index (χ0v) is 23.6. The number of ether oxygens (including phenoxy) is 3. The van der Waals surface area contributed by atoms with Gasteiger partial charge in [0.05, 0.1) is 25.9 Å². The second-order valence-corrected chi connectivity index (χ2v) is 6.31. The summed E-state index contributed by atoms with van der Waals surface area (Å²) in [5, 5.41) is 8.36. The molecule has 0 spiro atoms. The second kappa shape index (κ2) is 30.3. The molecule has 33 heavy (non-hydrogen) atoms. The molecule has 1 unspecified atom stereocenters. The van der Waals surface area contributed by atoms with Crippen molar-refractivity contribution in [3.05, 3.63) is 0 Å². The minimum absolute atomic E-state index is 0. The van der Waals surface area contributed by atoms with E-state index in [4.69, 9.17) is 5.11 Å². The van der Waals surface area contributed by atoms with E-state index >= 15 is 0 Å². The van der Waals surface area contributed by atoms with E-state index in [0.717, 1.165) is 6.42 Å². The SMILES string of the molecule is CCC(C)O.CCOC(=O)CC(C)=O.CCOC(=O)CC(C)=O.CCOC(=O)CC(C)=O.[Zr]. The monoisotopic (exact) mass is 554 g/mol. The molecule has 192 valence electrons. The van der Waals surface area contributed by atoms with Gasteiger partial charge in [0, 0.05) is 26.2 Å². The van der Waals surface area contributed by atoms with E-state index in [9.17, 15) is 28.8 Å². The van der Waals surface area contributed by atoms with Crippen LogP contribution in [0, 0.1) is 0 Å². The number of hydrogen-bond acceptors (Lipinski definition) is 10. The van der Waals surface area contributed by atoms with Crippen LogP contribution in [0.4, 0.5) is 0 Å². The summed E-state index contributed by atoms with van der Waals surface area (Å²) >= 11 is 0. The van der Waals surface area contributed by atoms with Crippen LogP contribution in [-0.2, 0) is 69.2 Å². The Balaban J connectivity index is -0.000000107. The largest absolute Gasteiger partial charge is 0.466 e. The average Bonchev–Trinajstić information content (AvgIpc) is 2.62. The van der Waals surface area contributed by atoms with Crippen molar-refractivity contribution in [2.75, 3.05) is 19.8 Å². The number of carbonyl (C=O) groups is 6. The molecule has 0 fully saturated rings. The normalized spacial score (nSPS) is 9.36. The van der Waals surface area contributed by atoms with Crippen LogP contribution in [0.25, 0.3) is 0 Å². The molecule has 10 nitrogen and oxygen atoms in total. The van der Waals surface area contributed by atoms with Gasteiger partial charge in [-0.05, 0) is 54.9 Å². The summed E-state index contributed by atoms with van der Waals surface area (Å²) in [4.78, 5) is 61.9. The summed E-state index contributed by atoms with van der Waals surface area (Å²) in [6.07, 6.45) is 0.435. The number of aliphatic hydroxyl groups excluding tert-OH is 1. The molecule has 0 aromatic carbocycles. The molecule has 0 heterocycles. The maximum atomic E-state index is 10.4. The topological polar surface area (TPSA) is 150 Å². The van der Waals surface area contributed by atoms with Crippen molar-refractivity contribution in [3.8, 4) is 0 Å². The molecular weight excluding hydrogens is 515 g/mol. The first kappa shape index (κ1) is 41.5. The molecule has 0 aliphatic carbocycles. The zero-order valence-electron chi connectivity index (χ0n) is 21.1. The quantitative estimate of drug-likeness (QED) is 0.242. The third kappa shape index (κ3) is 53.5. The summed E-state index contributed by atoms with van der Waals surface area (Å²) in [7, 11) is 0. The fourth-order valence-corrected chi connectivity index (χ4v) is 1.25. The number of Topliss-reactive ketones (excluding diaryl/α,β-unsaturated/α-hetero) is 3. The molecule has 11 heteroatoms. The van der Waals surface area contributed by atoms with Crippen molar-refractivity contribution in [3.63, 3.8) is 0 Å². The maximum Gasteiger partial charge on any atom is 0.313 e. The molecule has 0 rings (SSSR count). The summed E-state index contributed by atoms with van der Waals surface area (Å²) in [6, 6.07) is 0. The van der Waals surface area contributed by atoms with Gasteiger partial charge in [-0.15, -0.1) is 0 Å². The van der Waals surface area contributed by atoms with Gasteiger partial charge in [0.15, 0.2) is 0 Å². The van der Waals surface area contributed by atoms with Gasteiger partial charge in [0.2, 0.25) is 0 Å². The Morgan fingerprint density at radius 3 is 0.879 bits per heavy atom. The number of esters is 3. The van der Waals surface area contributed by atoms with E-state index in [-0.39, 0.29) is 68.9 Å². The van der Waals surface area contributed by atoms with Gasteiger partial charge >= 0.3 is 17.9 Å². The Morgan fingerprint density at radius 2 is 0.788 bits per heavy atom. The van der Waals surface area contributed by atoms with Crippen LogP contribution in [-0.4, -0.2) is 66.3 Å². The van der Waals surface area contributed by atoms with Crippen LogP contribution in [0.5, 0.6) is 0 Å². The summed E-state index contributed by atoms with van der Waals surface area (Å²) in [5.74, 6) is -1.80. The Hall–Kier alpha value is -1.74. The van der Waals surface area contributed by atoms with Gasteiger partial charge in [-0.25, -0.2) is 0 Å². The molecule has 0 aromatic rings. The summed E-state index contributed by atoms with van der Waals surface area (Å²) in [5.41, 5.74) is 0. The molecule has 0 saturated carbocycles. The number of hydrogen-bond donors (Lipinski definition) is 1. The van der Waals surface area contributed by atoms with Crippen LogP contribution < -0.4 is 0 Å². The van der Waals surface area contributed by atoms with Gasteiger partial charge in [-0.2, -0.15) is 0 Å². The number of ketones is 3. The molecule has 0 aliphatic rings. The molecule has 0 radical (unpaired) electrons. The smallest absolute Gasteiger partial charge is 0.313 e. The van der Waals surface area contributed by atoms with E-state index < -0.39 is 17.9 Å². The maximum absolute atomic E-state index is 10.4. The molecule has 0 aromatic heterocycles. The first-order chi connectivity index (χ1) is 14.8. The van der Waals surface area contributed by atoms with E-state index in [2.05, 4.69) is 14.2 Å². The predicted octanol–water partition coefficient (Wildman–Crippen LogP) is 2.36. The zero-order chi connectivity index (χ0) is 26.1. The fraction of sp³-hybridized carbons (Fsp3) is 0.727. The van der Waals surface area contributed by atoms with E-state index in [1.54, 1.807) is 27.7 Å². The van der Waals surface area contributed by atoms with Gasteiger partial charge in [0.1, 0.15) is 36.6 Å². The molecular formula is C22H40O10Zr. The van der Waals surface area contributed by atoms with Crippen LogP contribution in [0.15, 0.2) is 0 Å². The first-order valence-electron chi connectivity index (χ1n) is 10.4. The second-order valence-electron chi connectivity index (χ2n) is 6.31. The van der Waals surface area contributed by atoms with E-state index in [0.29, 0.717) is 19.8 Å². The molecule has 0 aliphatic heterocycles. The van der Waals surface area contributed by atoms with Crippen molar-refractivity contribution in [1.82, 2.24) is 0 Å². The van der Waals surface area contributed by atoms with Crippen LogP contribution in [0.1, 0.15) is 81.1 Å². The van der Waals surface area contributed by atoms with Crippen LogP contribution in [0.2, 0.25) is 0 Å². The Bertz CT molecular complexity index is 488. The molecule has 0 amide bonds. The van der Waals surface area contributed by atoms with Crippen molar-refractivity contribution in [2.24, 2.45) is 0 Å². The van der Waals surface area contributed by atoms with Crippen LogP contribution >= 0.6 is 0 Å². The first-order valence-corrected chi connectivity index (χ1v) is 10.4. The van der Waals surface area contributed by atoms with Crippen molar-refractivity contribution in [2.45, 2.75) is 87.2 Å². The minimum atomic E-state index is -0.440. The number of aliphatic hydroxyl groups is 1. The third-order valence-electron chi connectivity index (χ3n) is 2.69. The number of carbonyl (C=O) groups excluding carboxylic acids is 6. The Labute approximate surface area is 216 Å². The van der Waals surface area contributed by atoms with Crippen molar-refractivity contribution in [1.29, 1.82) is 0 Å². The van der Waals surface area contributed by atoms with Gasteiger partial charge in [-0.1, -0.05) is 6.92 Å². The van der Waals surface area contributed by atoms with Gasteiger partial charge in [-0.3, -0.25) is 28.8 Å². The Kier molecular flexibility index (Phi) is 38.1. The van der Waals surface area contributed by atoms with Gasteiger partial charge in [0.25, 0.3) is 0 Å². The minimum Gasteiger partial charge on any atom is -0.466 e.